The Hall–Kier alpha value is -2.09. The first-order valence-corrected chi connectivity index (χ1v) is 9.93. The molecule has 3 N–H and O–H groups in total. The summed E-state index contributed by atoms with van der Waals surface area (Å²) in [4.78, 5) is 24.0. The molecule has 150 valence electrons. The number of halogens is 2. The van der Waals surface area contributed by atoms with Crippen LogP contribution in [-0.2, 0) is 22.6 Å². The molecule has 0 fully saturated rings. The third-order valence-electron chi connectivity index (χ3n) is 4.28. The first kappa shape index (κ1) is 22.2. The summed E-state index contributed by atoms with van der Waals surface area (Å²) in [5, 5.41) is 8.57. The van der Waals surface area contributed by atoms with Gasteiger partial charge in [-0.1, -0.05) is 23.8 Å². The van der Waals surface area contributed by atoms with Crippen molar-refractivity contribution in [3.05, 3.63) is 58.9 Å². The zero-order valence-electron chi connectivity index (χ0n) is 15.5. The van der Waals surface area contributed by atoms with Crippen molar-refractivity contribution in [2.75, 3.05) is 28.7 Å². The molecule has 3 rings (SSSR count). The van der Waals surface area contributed by atoms with Crippen molar-refractivity contribution in [2.45, 2.75) is 19.9 Å². The monoisotopic (exact) mass is 423 g/mol. The highest BCUT2D eigenvalue weighted by molar-refractivity contribution is 8.00. The summed E-state index contributed by atoms with van der Waals surface area (Å²) in [6.07, 6.45) is 0.610. The SMILES string of the molecule is Cc1ccc(NC(=O)CSCC(=O)Nc2ccc3c(c2F)CCNC3)cc1.Cl. The molecule has 2 aromatic rings. The number of anilines is 2. The molecule has 0 bridgehead atoms. The second-order valence-corrected chi connectivity index (χ2v) is 7.43. The molecule has 1 aliphatic heterocycles. The molecule has 2 amide bonds. The van der Waals surface area contributed by atoms with Crippen molar-refractivity contribution >= 4 is 47.4 Å². The zero-order chi connectivity index (χ0) is 19.2. The van der Waals surface area contributed by atoms with Crippen LogP contribution in [0.5, 0.6) is 0 Å². The molecule has 2 aromatic carbocycles. The fraction of sp³-hybridized carbons (Fsp3) is 0.300. The number of nitrogens with one attached hydrogen (secondary N) is 3. The van der Waals surface area contributed by atoms with Gasteiger partial charge in [-0.25, -0.2) is 4.39 Å². The highest BCUT2D eigenvalue weighted by Crippen LogP contribution is 2.24. The van der Waals surface area contributed by atoms with Crippen LogP contribution in [0.3, 0.4) is 0 Å². The molecule has 0 radical (unpaired) electrons. The van der Waals surface area contributed by atoms with Crippen LogP contribution in [0.2, 0.25) is 0 Å². The van der Waals surface area contributed by atoms with Gasteiger partial charge in [0, 0.05) is 12.2 Å². The molecule has 28 heavy (non-hydrogen) atoms. The van der Waals surface area contributed by atoms with Crippen LogP contribution in [0.4, 0.5) is 15.8 Å². The molecule has 0 aliphatic carbocycles. The number of aryl methyl sites for hydroxylation is 1. The van der Waals surface area contributed by atoms with Crippen molar-refractivity contribution in [3.63, 3.8) is 0 Å². The summed E-state index contributed by atoms with van der Waals surface area (Å²) in [7, 11) is 0. The molecular formula is C20H23ClFN3O2S. The van der Waals surface area contributed by atoms with Gasteiger partial charge < -0.3 is 16.0 Å². The second-order valence-electron chi connectivity index (χ2n) is 6.45. The molecule has 0 spiro atoms. The Bertz CT molecular complexity index is 846. The second kappa shape index (κ2) is 10.5. The van der Waals surface area contributed by atoms with Crippen LogP contribution >= 0.6 is 24.2 Å². The smallest absolute Gasteiger partial charge is 0.234 e. The number of thioether (sulfide) groups is 1. The predicted octanol–water partition coefficient (Wildman–Crippen LogP) is 3.51. The minimum Gasteiger partial charge on any atom is -0.325 e. The highest BCUT2D eigenvalue weighted by atomic mass is 35.5. The third-order valence-corrected chi connectivity index (χ3v) is 5.22. The van der Waals surface area contributed by atoms with E-state index in [1.165, 1.54) is 11.8 Å². The van der Waals surface area contributed by atoms with Crippen molar-refractivity contribution in [2.24, 2.45) is 0 Å². The van der Waals surface area contributed by atoms with Gasteiger partial charge in [-0.2, -0.15) is 0 Å². The number of amides is 2. The van der Waals surface area contributed by atoms with Gasteiger partial charge in [0.25, 0.3) is 0 Å². The average Bonchev–Trinajstić information content (AvgIpc) is 2.66. The molecule has 0 saturated carbocycles. The fourth-order valence-corrected chi connectivity index (χ4v) is 3.50. The van der Waals surface area contributed by atoms with E-state index in [0.29, 0.717) is 18.5 Å². The Morgan fingerprint density at radius 2 is 1.75 bits per heavy atom. The van der Waals surface area contributed by atoms with Crippen molar-refractivity contribution in [3.8, 4) is 0 Å². The van der Waals surface area contributed by atoms with Crippen LogP contribution < -0.4 is 16.0 Å². The molecule has 1 aliphatic rings. The standard InChI is InChI=1S/C20H22FN3O2S.ClH/c1-13-2-5-15(6-3-13)23-18(25)11-27-12-19(26)24-17-7-4-14-10-22-9-8-16(14)20(17)21;/h2-7,22H,8-12H2,1H3,(H,23,25)(H,24,26);1H. The van der Waals surface area contributed by atoms with Crippen LogP contribution in [0.15, 0.2) is 36.4 Å². The lowest BCUT2D eigenvalue weighted by Gasteiger charge is -2.19. The van der Waals surface area contributed by atoms with E-state index in [9.17, 15) is 14.0 Å². The first-order valence-electron chi connectivity index (χ1n) is 8.78. The molecule has 0 aromatic heterocycles. The third kappa shape index (κ3) is 5.95. The van der Waals surface area contributed by atoms with Crippen molar-refractivity contribution < 1.29 is 14.0 Å². The lowest BCUT2D eigenvalue weighted by molar-refractivity contribution is -0.114. The summed E-state index contributed by atoms with van der Waals surface area (Å²) in [6.45, 7) is 3.35. The molecule has 0 atom stereocenters. The van der Waals surface area contributed by atoms with Gasteiger partial charge in [0.15, 0.2) is 0 Å². The first-order chi connectivity index (χ1) is 13.0. The average molecular weight is 424 g/mol. The maximum Gasteiger partial charge on any atom is 0.234 e. The molecular weight excluding hydrogens is 401 g/mol. The summed E-state index contributed by atoms with van der Waals surface area (Å²) < 4.78 is 14.5. The Morgan fingerprint density at radius 3 is 2.46 bits per heavy atom. The molecule has 5 nitrogen and oxygen atoms in total. The quantitative estimate of drug-likeness (QED) is 0.665. The van der Waals surface area contributed by atoms with E-state index in [1.807, 2.05) is 37.3 Å². The van der Waals surface area contributed by atoms with Gasteiger partial charge >= 0.3 is 0 Å². The molecule has 8 heteroatoms. The fourth-order valence-electron chi connectivity index (χ4n) is 2.89. The number of hydrogen-bond acceptors (Lipinski definition) is 4. The van der Waals surface area contributed by atoms with E-state index in [-0.39, 0.29) is 47.2 Å². The zero-order valence-corrected chi connectivity index (χ0v) is 17.1. The van der Waals surface area contributed by atoms with E-state index in [0.717, 1.165) is 23.4 Å². The van der Waals surface area contributed by atoms with Gasteiger partial charge in [0.1, 0.15) is 5.82 Å². The van der Waals surface area contributed by atoms with E-state index in [1.54, 1.807) is 6.07 Å². The van der Waals surface area contributed by atoms with Crippen molar-refractivity contribution in [1.29, 1.82) is 0 Å². The lowest BCUT2D eigenvalue weighted by Crippen LogP contribution is -2.25. The predicted molar refractivity (Wildman–Crippen MR) is 115 cm³/mol. The van der Waals surface area contributed by atoms with E-state index in [4.69, 9.17) is 0 Å². The van der Waals surface area contributed by atoms with E-state index >= 15 is 0 Å². The number of carbonyl (C=O) groups is 2. The molecule has 1 heterocycles. The highest BCUT2D eigenvalue weighted by Gasteiger charge is 2.17. The number of carbonyl (C=O) groups excluding carboxylic acids is 2. The van der Waals surface area contributed by atoms with Crippen LogP contribution in [0, 0.1) is 12.7 Å². The summed E-state index contributed by atoms with van der Waals surface area (Å²) in [6, 6.07) is 10.9. The Labute approximate surface area is 174 Å². The molecule has 0 saturated heterocycles. The maximum atomic E-state index is 14.5. The number of fused-ring (bicyclic) bond motifs is 1. The largest absolute Gasteiger partial charge is 0.325 e. The van der Waals surface area contributed by atoms with Gasteiger partial charge in [0.05, 0.1) is 17.2 Å². The van der Waals surface area contributed by atoms with Crippen LogP contribution in [-0.4, -0.2) is 29.9 Å². The van der Waals surface area contributed by atoms with Crippen LogP contribution in [0.25, 0.3) is 0 Å². The van der Waals surface area contributed by atoms with Gasteiger partial charge in [-0.3, -0.25) is 9.59 Å². The summed E-state index contributed by atoms with van der Waals surface area (Å²) in [5.74, 6) is -0.622. The Morgan fingerprint density at radius 1 is 1.07 bits per heavy atom. The van der Waals surface area contributed by atoms with E-state index in [2.05, 4.69) is 16.0 Å². The topological polar surface area (TPSA) is 70.2 Å². The minimum absolute atomic E-state index is 0. The van der Waals surface area contributed by atoms with Gasteiger partial charge in [0.2, 0.25) is 11.8 Å². The summed E-state index contributed by atoms with van der Waals surface area (Å²) in [5.41, 5.74) is 3.63. The van der Waals surface area contributed by atoms with E-state index < -0.39 is 0 Å². The minimum atomic E-state index is -0.357. The van der Waals surface area contributed by atoms with Gasteiger partial charge in [-0.15, -0.1) is 24.2 Å². The number of hydrogen-bond donors (Lipinski definition) is 3. The number of rotatable bonds is 6. The van der Waals surface area contributed by atoms with Crippen LogP contribution in [0.1, 0.15) is 16.7 Å². The van der Waals surface area contributed by atoms with Crippen molar-refractivity contribution in [1.82, 2.24) is 5.32 Å². The summed E-state index contributed by atoms with van der Waals surface area (Å²) >= 11 is 1.19. The lowest BCUT2D eigenvalue weighted by atomic mass is 9.99. The molecule has 0 unspecified atom stereocenters. The Kier molecular flexibility index (Phi) is 8.29. The Balaban J connectivity index is 0.00000280. The van der Waals surface area contributed by atoms with Gasteiger partial charge in [-0.05, 0) is 49.2 Å². The normalized spacial score (nSPS) is 12.5. The number of benzene rings is 2. The maximum absolute atomic E-state index is 14.5.